The van der Waals surface area contributed by atoms with Crippen LogP contribution < -0.4 is 4.90 Å². The van der Waals surface area contributed by atoms with Crippen LogP contribution in [-0.4, -0.2) is 71.7 Å². The molecular formula is C33H37ClN4O3S. The monoisotopic (exact) mass is 604 g/mol. The van der Waals surface area contributed by atoms with Crippen molar-refractivity contribution >= 4 is 44.6 Å². The van der Waals surface area contributed by atoms with E-state index >= 15 is 0 Å². The van der Waals surface area contributed by atoms with Gasteiger partial charge in [0.05, 0.1) is 47.0 Å². The van der Waals surface area contributed by atoms with Gasteiger partial charge in [0.2, 0.25) is 0 Å². The van der Waals surface area contributed by atoms with Crippen LogP contribution in [0.25, 0.3) is 31.9 Å². The average Bonchev–Trinajstić information content (AvgIpc) is 3.34. The van der Waals surface area contributed by atoms with Crippen molar-refractivity contribution in [1.82, 2.24) is 14.9 Å². The van der Waals surface area contributed by atoms with Gasteiger partial charge in [-0.2, -0.15) is 0 Å². The molecule has 1 atom stereocenters. The maximum Gasteiger partial charge on any atom is 0.163 e. The maximum absolute atomic E-state index is 13.1. The highest BCUT2D eigenvalue weighted by atomic mass is 35.5. The van der Waals surface area contributed by atoms with Gasteiger partial charge in [-0.05, 0) is 70.0 Å². The number of hydrogen-bond donors (Lipinski definition) is 0. The van der Waals surface area contributed by atoms with Crippen LogP contribution in [0.2, 0.25) is 5.02 Å². The Balaban J connectivity index is 1.41. The Hall–Kier alpha value is -2.88. The van der Waals surface area contributed by atoms with Gasteiger partial charge >= 0.3 is 0 Å². The van der Waals surface area contributed by atoms with Gasteiger partial charge in [-0.25, -0.2) is 4.98 Å². The predicted octanol–water partition coefficient (Wildman–Crippen LogP) is 6.95. The molecule has 0 amide bonds. The molecule has 2 aliphatic rings. The fraction of sp³-hybridized carbons (Fsp3) is 0.424. The summed E-state index contributed by atoms with van der Waals surface area (Å²) in [6.07, 6.45) is 3.13. The molecular weight excluding hydrogens is 568 g/mol. The highest BCUT2D eigenvalue weighted by Crippen LogP contribution is 2.44. The van der Waals surface area contributed by atoms with Gasteiger partial charge in [0.25, 0.3) is 0 Å². The summed E-state index contributed by atoms with van der Waals surface area (Å²) in [6.45, 7) is 15.2. The number of benzene rings is 2. The first-order valence-electron chi connectivity index (χ1n) is 14.5. The molecule has 42 heavy (non-hydrogen) atoms. The van der Waals surface area contributed by atoms with Crippen LogP contribution in [0.4, 0.5) is 5.69 Å². The normalized spacial score (nSPS) is 17.4. The van der Waals surface area contributed by atoms with Gasteiger partial charge in [0, 0.05) is 54.1 Å². The van der Waals surface area contributed by atoms with E-state index in [2.05, 4.69) is 26.9 Å². The number of carbonyl (C=O) groups is 1. The zero-order chi connectivity index (χ0) is 29.6. The van der Waals surface area contributed by atoms with Gasteiger partial charge in [-0.1, -0.05) is 23.7 Å². The van der Waals surface area contributed by atoms with Crippen LogP contribution in [0.1, 0.15) is 44.9 Å². The number of fused-ring (bicyclic) bond motifs is 1. The Kier molecular flexibility index (Phi) is 8.11. The summed E-state index contributed by atoms with van der Waals surface area (Å²) in [5.74, 6) is -0.0332. The molecule has 2 aliphatic heterocycles. The first kappa shape index (κ1) is 29.2. The lowest BCUT2D eigenvalue weighted by Gasteiger charge is -2.43. The van der Waals surface area contributed by atoms with Gasteiger partial charge in [-0.15, -0.1) is 11.3 Å². The summed E-state index contributed by atoms with van der Waals surface area (Å²) >= 11 is 7.90. The van der Waals surface area contributed by atoms with Crippen molar-refractivity contribution in [2.75, 3.05) is 44.3 Å². The van der Waals surface area contributed by atoms with Crippen molar-refractivity contribution in [3.8, 4) is 21.7 Å². The average molecular weight is 605 g/mol. The lowest BCUT2D eigenvalue weighted by atomic mass is 9.90. The van der Waals surface area contributed by atoms with E-state index in [0.717, 1.165) is 88.1 Å². The number of rotatable bonds is 7. The maximum atomic E-state index is 13.1. The number of nitrogens with zero attached hydrogens (tertiary/aromatic N) is 4. The number of hydrogen-bond acceptors (Lipinski definition) is 8. The number of thiazole rings is 1. The molecule has 0 aliphatic carbocycles. The third kappa shape index (κ3) is 5.96. The summed E-state index contributed by atoms with van der Waals surface area (Å²) < 4.78 is 12.8. The fourth-order valence-corrected chi connectivity index (χ4v) is 7.00. The van der Waals surface area contributed by atoms with Gasteiger partial charge in [-0.3, -0.25) is 14.7 Å². The largest absolute Gasteiger partial charge is 0.378 e. The summed E-state index contributed by atoms with van der Waals surface area (Å²) in [5.41, 5.74) is 6.27. The van der Waals surface area contributed by atoms with Crippen molar-refractivity contribution in [3.63, 3.8) is 0 Å². The Morgan fingerprint density at radius 3 is 2.40 bits per heavy atom. The molecule has 0 radical (unpaired) electrons. The first-order chi connectivity index (χ1) is 20.1. The second-order valence-corrected chi connectivity index (χ2v) is 13.7. The summed E-state index contributed by atoms with van der Waals surface area (Å²) in [4.78, 5) is 27.7. The summed E-state index contributed by atoms with van der Waals surface area (Å²) in [6, 6.07) is 12.6. The van der Waals surface area contributed by atoms with Crippen LogP contribution in [0.15, 0.2) is 48.8 Å². The number of piperazine rings is 1. The molecule has 4 aromatic rings. The Bertz CT molecular complexity index is 1600. The zero-order valence-electron chi connectivity index (χ0n) is 24.8. The molecule has 0 unspecified atom stereocenters. The predicted molar refractivity (Wildman–Crippen MR) is 171 cm³/mol. The first-order valence-corrected chi connectivity index (χ1v) is 15.7. The number of pyridine rings is 1. The van der Waals surface area contributed by atoms with E-state index in [-0.39, 0.29) is 5.78 Å². The highest BCUT2D eigenvalue weighted by molar-refractivity contribution is 7.22. The second-order valence-electron chi connectivity index (χ2n) is 12.2. The number of aromatic nitrogens is 2. The third-order valence-electron chi connectivity index (χ3n) is 7.95. The smallest absolute Gasteiger partial charge is 0.163 e. The minimum absolute atomic E-state index is 0.0332. The van der Waals surface area contributed by atoms with Crippen LogP contribution in [-0.2, 0) is 14.3 Å². The van der Waals surface area contributed by atoms with E-state index in [1.165, 1.54) is 0 Å². The van der Waals surface area contributed by atoms with Gasteiger partial charge < -0.3 is 14.4 Å². The molecule has 2 saturated heterocycles. The molecule has 0 N–H and O–H groups in total. The number of ether oxygens (including phenoxy) is 2. The van der Waals surface area contributed by atoms with Crippen molar-refractivity contribution in [1.29, 1.82) is 0 Å². The molecule has 0 saturated carbocycles. The number of carbonyl (C=O) groups excluding carboxylic acids is 1. The number of anilines is 1. The summed E-state index contributed by atoms with van der Waals surface area (Å²) in [5, 5.41) is 1.56. The molecule has 0 spiro atoms. The molecule has 4 heterocycles. The van der Waals surface area contributed by atoms with E-state index in [9.17, 15) is 4.79 Å². The van der Waals surface area contributed by atoms with Crippen LogP contribution >= 0.6 is 22.9 Å². The third-order valence-corrected chi connectivity index (χ3v) is 9.34. The van der Waals surface area contributed by atoms with Gasteiger partial charge in [0.1, 0.15) is 11.1 Å². The number of Topliss-reactive ketones (excluding diaryl/α,β-unsaturated/α-hetero) is 1. The molecule has 2 fully saturated rings. The van der Waals surface area contributed by atoms with Crippen molar-refractivity contribution in [2.45, 2.75) is 52.4 Å². The number of aryl methyl sites for hydroxylation is 1. The molecule has 7 nitrogen and oxygen atoms in total. The number of ketones is 1. The van der Waals surface area contributed by atoms with Gasteiger partial charge in [0.15, 0.2) is 5.78 Å². The Labute approximate surface area is 256 Å². The van der Waals surface area contributed by atoms with Crippen LogP contribution in [0, 0.1) is 6.92 Å². The van der Waals surface area contributed by atoms with E-state index < -0.39 is 11.7 Å². The lowest BCUT2D eigenvalue weighted by Crippen LogP contribution is -2.56. The molecule has 2 aromatic heterocycles. The van der Waals surface area contributed by atoms with E-state index in [1.807, 2.05) is 64.4 Å². The standard InChI is InChI=1S/C33H37ClN4O3S/c1-20-14-27-31(29(22-6-8-24(34)9-7-22)28(20)30(21(2)39)41-33(3,4)5)42-32(36-27)23-15-25(17-35-16-23)37-10-12-38(13-11-37)26-18-40-19-26/h6-9,14-17,26,30H,10-13,18-19H2,1-5H3/t30-/m1/s1. The molecule has 0 bridgehead atoms. The zero-order valence-corrected chi connectivity index (χ0v) is 26.4. The fourth-order valence-electron chi connectivity index (χ4n) is 5.77. The number of halogens is 1. The quantitative estimate of drug-likeness (QED) is 0.226. The van der Waals surface area contributed by atoms with E-state index in [1.54, 1.807) is 18.3 Å². The lowest BCUT2D eigenvalue weighted by molar-refractivity contribution is -0.138. The highest BCUT2D eigenvalue weighted by Gasteiger charge is 2.31. The molecule has 9 heteroatoms. The second kappa shape index (κ2) is 11.7. The molecule has 6 rings (SSSR count). The van der Waals surface area contributed by atoms with Crippen molar-refractivity contribution in [2.24, 2.45) is 0 Å². The minimum atomic E-state index is -0.708. The SMILES string of the molecule is CC(=O)[C@@H](OC(C)(C)C)c1c(C)cc2nc(-c3cncc(N4CCN(C5COC5)CC4)c3)sc2c1-c1ccc(Cl)cc1. The minimum Gasteiger partial charge on any atom is -0.378 e. The molecule has 2 aromatic carbocycles. The summed E-state index contributed by atoms with van der Waals surface area (Å²) in [7, 11) is 0. The van der Waals surface area contributed by atoms with Crippen LogP contribution in [0.3, 0.4) is 0 Å². The van der Waals surface area contributed by atoms with E-state index in [0.29, 0.717) is 11.1 Å². The Morgan fingerprint density at radius 2 is 1.79 bits per heavy atom. The Morgan fingerprint density at radius 1 is 1.07 bits per heavy atom. The van der Waals surface area contributed by atoms with Crippen LogP contribution in [0.5, 0.6) is 0 Å². The van der Waals surface area contributed by atoms with Crippen molar-refractivity contribution in [3.05, 3.63) is 64.9 Å². The topological polar surface area (TPSA) is 67.8 Å². The van der Waals surface area contributed by atoms with E-state index in [4.69, 9.17) is 26.1 Å². The van der Waals surface area contributed by atoms with Crippen molar-refractivity contribution < 1.29 is 14.3 Å². The molecule has 220 valence electrons.